The van der Waals surface area contributed by atoms with Crippen LogP contribution in [0.5, 0.6) is 0 Å². The zero-order valence-corrected chi connectivity index (χ0v) is 19.0. The van der Waals surface area contributed by atoms with Crippen molar-refractivity contribution in [2.45, 2.75) is 30.7 Å². The fourth-order valence-electron chi connectivity index (χ4n) is 3.66. The van der Waals surface area contributed by atoms with Crippen LogP contribution in [0, 0.1) is 5.92 Å². The van der Waals surface area contributed by atoms with Crippen molar-refractivity contribution in [1.29, 1.82) is 0 Å². The maximum atomic E-state index is 13.1. The second-order valence-corrected chi connectivity index (χ2v) is 10.3. The predicted octanol–water partition coefficient (Wildman–Crippen LogP) is 3.39. The molecule has 2 heterocycles. The monoisotopic (exact) mass is 453 g/mol. The van der Waals surface area contributed by atoms with E-state index in [9.17, 15) is 13.2 Å². The molecule has 0 bridgehead atoms. The fourth-order valence-corrected chi connectivity index (χ4v) is 5.75. The minimum atomic E-state index is -3.76. The Hall–Kier alpha value is -1.87. The number of carbonyl (C=O) groups excluding carboxylic acids is 1. The van der Waals surface area contributed by atoms with E-state index in [1.54, 1.807) is 12.3 Å². The average molecular weight is 454 g/mol. The molecular weight excluding hydrogens is 426 g/mol. The largest absolute Gasteiger partial charge is 0.468 e. The minimum absolute atomic E-state index is 0.0267. The van der Waals surface area contributed by atoms with Crippen LogP contribution < -0.4 is 5.32 Å². The van der Waals surface area contributed by atoms with Gasteiger partial charge in [-0.15, -0.1) is 0 Å². The van der Waals surface area contributed by atoms with E-state index in [-0.39, 0.29) is 27.4 Å². The molecule has 0 radical (unpaired) electrons. The highest BCUT2D eigenvalue weighted by molar-refractivity contribution is 7.89. The van der Waals surface area contributed by atoms with Crippen LogP contribution in [0.2, 0.25) is 5.02 Å². The van der Waals surface area contributed by atoms with Gasteiger partial charge in [-0.25, -0.2) is 8.42 Å². The van der Waals surface area contributed by atoms with Crippen LogP contribution >= 0.6 is 11.6 Å². The van der Waals surface area contributed by atoms with Crippen LogP contribution in [0.1, 0.15) is 41.9 Å². The summed E-state index contributed by atoms with van der Waals surface area (Å²) in [4.78, 5) is 14.7. The number of carbonyl (C=O) groups is 1. The Morgan fingerprint density at radius 2 is 2.13 bits per heavy atom. The lowest BCUT2D eigenvalue weighted by Crippen LogP contribution is -2.39. The maximum Gasteiger partial charge on any atom is 0.251 e. The van der Waals surface area contributed by atoms with Gasteiger partial charge in [0.2, 0.25) is 10.0 Å². The first-order valence-electron chi connectivity index (χ1n) is 9.98. The summed E-state index contributed by atoms with van der Waals surface area (Å²) in [7, 11) is 0.0259. The van der Waals surface area contributed by atoms with Crippen LogP contribution in [-0.4, -0.2) is 57.3 Å². The molecule has 30 heavy (non-hydrogen) atoms. The van der Waals surface area contributed by atoms with Gasteiger partial charge in [0.1, 0.15) is 10.7 Å². The summed E-state index contributed by atoms with van der Waals surface area (Å²) >= 11 is 6.22. The van der Waals surface area contributed by atoms with E-state index in [2.05, 4.69) is 5.32 Å². The van der Waals surface area contributed by atoms with Crippen molar-refractivity contribution in [2.24, 2.45) is 5.92 Å². The topological polar surface area (TPSA) is 82.9 Å². The number of hydrogen-bond donors (Lipinski definition) is 1. The molecule has 1 aromatic heterocycles. The predicted molar refractivity (Wildman–Crippen MR) is 116 cm³/mol. The highest BCUT2D eigenvalue weighted by Crippen LogP contribution is 2.29. The molecule has 1 fully saturated rings. The van der Waals surface area contributed by atoms with Gasteiger partial charge < -0.3 is 9.73 Å². The highest BCUT2D eigenvalue weighted by atomic mass is 35.5. The number of amides is 1. The van der Waals surface area contributed by atoms with Crippen molar-refractivity contribution in [3.8, 4) is 0 Å². The Balaban J connectivity index is 1.78. The van der Waals surface area contributed by atoms with E-state index in [0.29, 0.717) is 25.6 Å². The van der Waals surface area contributed by atoms with Gasteiger partial charge in [-0.3, -0.25) is 9.69 Å². The molecular formula is C21H28ClN3O4S. The average Bonchev–Trinajstić information content (AvgIpc) is 3.22. The van der Waals surface area contributed by atoms with Crippen LogP contribution in [0.3, 0.4) is 0 Å². The van der Waals surface area contributed by atoms with Crippen molar-refractivity contribution >= 4 is 27.5 Å². The normalized spacial score (nSPS) is 19.0. The molecule has 1 N–H and O–H groups in total. The highest BCUT2D eigenvalue weighted by Gasteiger charge is 2.31. The molecule has 1 aromatic carbocycles. The van der Waals surface area contributed by atoms with E-state index < -0.39 is 10.0 Å². The van der Waals surface area contributed by atoms with Crippen LogP contribution in [0.25, 0.3) is 0 Å². The number of benzene rings is 1. The van der Waals surface area contributed by atoms with Crippen molar-refractivity contribution in [2.75, 3.05) is 33.7 Å². The molecule has 9 heteroatoms. The molecule has 2 aromatic rings. The number of sulfonamides is 1. The van der Waals surface area contributed by atoms with Crippen molar-refractivity contribution in [3.05, 3.63) is 52.9 Å². The molecule has 7 nitrogen and oxygen atoms in total. The van der Waals surface area contributed by atoms with E-state index >= 15 is 0 Å². The smallest absolute Gasteiger partial charge is 0.251 e. The van der Waals surface area contributed by atoms with Crippen molar-refractivity contribution in [1.82, 2.24) is 14.5 Å². The van der Waals surface area contributed by atoms with Gasteiger partial charge in [0, 0.05) is 25.2 Å². The molecule has 1 saturated heterocycles. The number of piperidine rings is 1. The number of nitrogens with one attached hydrogen (secondary N) is 1. The van der Waals surface area contributed by atoms with E-state index in [1.165, 1.54) is 22.5 Å². The Labute approximate surface area is 183 Å². The third kappa shape index (κ3) is 5.06. The second-order valence-electron chi connectivity index (χ2n) is 7.96. The van der Waals surface area contributed by atoms with Crippen LogP contribution in [0.4, 0.5) is 0 Å². The number of rotatable bonds is 7. The van der Waals surface area contributed by atoms with E-state index in [1.807, 2.05) is 32.0 Å². The maximum absolute atomic E-state index is 13.1. The molecule has 0 saturated carbocycles. The lowest BCUT2D eigenvalue weighted by atomic mass is 10.0. The van der Waals surface area contributed by atoms with Crippen LogP contribution in [0.15, 0.2) is 45.9 Å². The molecule has 164 valence electrons. The Kier molecular flexibility index (Phi) is 7.23. The number of furan rings is 1. The SMILES string of the molecule is C[C@@H]1CCCN(S(=O)(=O)c2cc(C(=O)NC[C@@H](c3ccco3)N(C)C)ccc2Cl)C1. The summed E-state index contributed by atoms with van der Waals surface area (Å²) in [6.45, 7) is 3.27. The quantitative estimate of drug-likeness (QED) is 0.694. The summed E-state index contributed by atoms with van der Waals surface area (Å²) in [5, 5.41) is 2.98. The van der Waals surface area contributed by atoms with Gasteiger partial charge >= 0.3 is 0 Å². The lowest BCUT2D eigenvalue weighted by molar-refractivity contribution is 0.0939. The third-order valence-corrected chi connectivity index (χ3v) is 7.73. The zero-order valence-electron chi connectivity index (χ0n) is 17.5. The Morgan fingerprint density at radius 1 is 1.37 bits per heavy atom. The summed E-state index contributed by atoms with van der Waals surface area (Å²) in [5.41, 5.74) is 0.250. The van der Waals surface area contributed by atoms with Crippen molar-refractivity contribution in [3.63, 3.8) is 0 Å². The summed E-state index contributed by atoms with van der Waals surface area (Å²) in [5.74, 6) is 0.663. The number of halogens is 1. The van der Waals surface area contributed by atoms with Crippen LogP contribution in [-0.2, 0) is 10.0 Å². The molecule has 1 amide bonds. The standard InChI is InChI=1S/C21H28ClN3O4S/c1-15-6-4-10-25(14-15)30(27,28)20-12-16(8-9-17(20)22)21(26)23-13-18(24(2)3)19-7-5-11-29-19/h5,7-9,11-12,15,18H,4,6,10,13-14H2,1-3H3,(H,23,26)/t15-,18+/m1/s1. The molecule has 2 atom stereocenters. The molecule has 0 spiro atoms. The van der Waals surface area contributed by atoms with Gasteiger partial charge in [-0.2, -0.15) is 4.31 Å². The summed E-state index contributed by atoms with van der Waals surface area (Å²) in [6, 6.07) is 7.87. The first-order chi connectivity index (χ1) is 14.2. The zero-order chi connectivity index (χ0) is 21.9. The number of hydrogen-bond acceptors (Lipinski definition) is 5. The van der Waals surface area contributed by atoms with Gasteiger partial charge in [0.15, 0.2) is 0 Å². The third-order valence-electron chi connectivity index (χ3n) is 5.38. The molecule has 0 aliphatic carbocycles. The summed E-state index contributed by atoms with van der Waals surface area (Å²) < 4.78 is 33.2. The molecule has 3 rings (SSSR count). The molecule has 1 aliphatic rings. The van der Waals surface area contributed by atoms with Gasteiger partial charge in [-0.1, -0.05) is 18.5 Å². The summed E-state index contributed by atoms with van der Waals surface area (Å²) in [6.07, 6.45) is 3.41. The second kappa shape index (κ2) is 9.51. The first-order valence-corrected chi connectivity index (χ1v) is 11.8. The van der Waals surface area contributed by atoms with Gasteiger partial charge in [-0.05, 0) is 63.2 Å². The van der Waals surface area contributed by atoms with E-state index in [4.69, 9.17) is 16.0 Å². The molecule has 0 unspecified atom stereocenters. The van der Waals surface area contributed by atoms with Crippen molar-refractivity contribution < 1.29 is 17.6 Å². The number of likely N-dealkylation sites (N-methyl/N-ethyl adjacent to an activating group) is 1. The lowest BCUT2D eigenvalue weighted by Gasteiger charge is -2.30. The Bertz CT molecular complexity index is 976. The fraction of sp³-hybridized carbons (Fsp3) is 0.476. The van der Waals surface area contributed by atoms with Gasteiger partial charge in [0.25, 0.3) is 5.91 Å². The Morgan fingerprint density at radius 3 is 2.77 bits per heavy atom. The minimum Gasteiger partial charge on any atom is -0.468 e. The van der Waals surface area contributed by atoms with E-state index in [0.717, 1.165) is 18.6 Å². The van der Waals surface area contributed by atoms with Gasteiger partial charge in [0.05, 0.1) is 17.3 Å². The first kappa shape index (κ1) is 22.8. The number of nitrogens with zero attached hydrogens (tertiary/aromatic N) is 2. The molecule has 1 aliphatic heterocycles.